The molecule has 2 fully saturated rings. The first-order valence-electron chi connectivity index (χ1n) is 10.0. The van der Waals surface area contributed by atoms with Gasteiger partial charge in [-0.1, -0.05) is 36.4 Å². The molecule has 0 saturated carbocycles. The van der Waals surface area contributed by atoms with Crippen molar-refractivity contribution in [2.24, 2.45) is 0 Å². The summed E-state index contributed by atoms with van der Waals surface area (Å²) >= 11 is 0. The molecule has 0 aliphatic carbocycles. The van der Waals surface area contributed by atoms with E-state index in [-0.39, 0.29) is 6.03 Å². The summed E-state index contributed by atoms with van der Waals surface area (Å²) in [6.45, 7) is 8.07. The quantitative estimate of drug-likeness (QED) is 0.877. The molecule has 0 spiro atoms. The van der Waals surface area contributed by atoms with Crippen LogP contribution in [0.25, 0.3) is 0 Å². The fourth-order valence-electron chi connectivity index (χ4n) is 4.42. The number of urea groups is 1. The van der Waals surface area contributed by atoms with Gasteiger partial charge in [0, 0.05) is 24.8 Å². The fraction of sp³-hybridized carbons (Fsp3) is 0.435. The van der Waals surface area contributed by atoms with Crippen molar-refractivity contribution in [2.45, 2.75) is 38.6 Å². The van der Waals surface area contributed by atoms with E-state index >= 15 is 0 Å². The highest BCUT2D eigenvalue weighted by atomic mass is 16.2. The van der Waals surface area contributed by atoms with Crippen molar-refractivity contribution in [1.82, 2.24) is 9.80 Å². The van der Waals surface area contributed by atoms with Crippen LogP contribution in [0.2, 0.25) is 0 Å². The lowest BCUT2D eigenvalue weighted by molar-refractivity contribution is 0.0454. The van der Waals surface area contributed by atoms with Gasteiger partial charge in [0.25, 0.3) is 0 Å². The first kappa shape index (κ1) is 18.1. The van der Waals surface area contributed by atoms with E-state index in [4.69, 9.17) is 0 Å². The maximum atomic E-state index is 12.5. The van der Waals surface area contributed by atoms with Gasteiger partial charge >= 0.3 is 6.03 Å². The van der Waals surface area contributed by atoms with Gasteiger partial charge in [-0.3, -0.25) is 4.90 Å². The number of amides is 2. The summed E-state index contributed by atoms with van der Waals surface area (Å²) in [6.07, 6.45) is 2.44. The number of nitrogens with one attached hydrogen (secondary N) is 1. The number of hydrogen-bond acceptors (Lipinski definition) is 2. The van der Waals surface area contributed by atoms with Crippen LogP contribution in [0.4, 0.5) is 10.5 Å². The van der Waals surface area contributed by atoms with E-state index < -0.39 is 0 Å². The first-order chi connectivity index (χ1) is 13.1. The summed E-state index contributed by atoms with van der Waals surface area (Å²) in [4.78, 5) is 17.0. The smallest absolute Gasteiger partial charge is 0.321 e. The lowest BCUT2D eigenvalue weighted by Gasteiger charge is -2.47. The van der Waals surface area contributed by atoms with Crippen LogP contribution in [-0.4, -0.2) is 48.1 Å². The maximum Gasteiger partial charge on any atom is 0.321 e. The normalized spacial score (nSPS) is 19.0. The number of rotatable bonds is 3. The van der Waals surface area contributed by atoms with Gasteiger partial charge in [0.05, 0.1) is 0 Å². The number of benzene rings is 2. The average molecular weight is 364 g/mol. The number of carbonyl (C=O) groups is 1. The zero-order valence-corrected chi connectivity index (χ0v) is 16.3. The largest absolute Gasteiger partial charge is 0.321 e. The van der Waals surface area contributed by atoms with Crippen molar-refractivity contribution in [3.05, 3.63) is 65.2 Å². The van der Waals surface area contributed by atoms with Gasteiger partial charge in [-0.05, 0) is 74.5 Å². The van der Waals surface area contributed by atoms with E-state index in [0.717, 1.165) is 31.9 Å². The van der Waals surface area contributed by atoms with Gasteiger partial charge in [0.15, 0.2) is 0 Å². The molecule has 2 aliphatic rings. The predicted octanol–water partition coefficient (Wildman–Crippen LogP) is 4.40. The van der Waals surface area contributed by atoms with E-state index in [0.29, 0.717) is 12.0 Å². The Morgan fingerprint density at radius 2 is 1.59 bits per heavy atom. The third-order valence-electron chi connectivity index (χ3n) is 5.94. The highest BCUT2D eigenvalue weighted by molar-refractivity contribution is 5.90. The Bertz CT molecular complexity index is 770. The van der Waals surface area contributed by atoms with Crippen LogP contribution in [0, 0.1) is 13.8 Å². The molecule has 2 aromatic rings. The molecule has 0 aromatic heterocycles. The summed E-state index contributed by atoms with van der Waals surface area (Å²) in [5, 5.41) is 3.05. The monoisotopic (exact) mass is 363 g/mol. The molecule has 2 heterocycles. The number of hydrogen-bond donors (Lipinski definition) is 1. The summed E-state index contributed by atoms with van der Waals surface area (Å²) in [5.74, 6) is 0.687. The highest BCUT2D eigenvalue weighted by Gasteiger charge is 2.36. The zero-order chi connectivity index (χ0) is 18.8. The maximum absolute atomic E-state index is 12.5. The number of anilines is 1. The van der Waals surface area contributed by atoms with Crippen LogP contribution < -0.4 is 5.32 Å². The minimum absolute atomic E-state index is 0.0235. The van der Waals surface area contributed by atoms with Crippen LogP contribution >= 0.6 is 0 Å². The molecule has 0 atom stereocenters. The Morgan fingerprint density at radius 1 is 0.963 bits per heavy atom. The Balaban J connectivity index is 1.24. The zero-order valence-electron chi connectivity index (χ0n) is 16.3. The van der Waals surface area contributed by atoms with Crippen molar-refractivity contribution in [3.8, 4) is 0 Å². The van der Waals surface area contributed by atoms with E-state index in [1.807, 2.05) is 17.0 Å². The van der Waals surface area contributed by atoms with E-state index in [1.54, 1.807) is 0 Å². The number of aryl methyl sites for hydroxylation is 2. The standard InChI is InChI=1S/C23H29N3O/c1-17-12-18(2)14-21(13-17)24-23(27)26-15-22(16-26)25-10-8-20(9-11-25)19-6-4-3-5-7-19/h3-7,12-14,20,22H,8-11,15-16H2,1-2H3,(H,24,27). The van der Waals surface area contributed by atoms with Crippen molar-refractivity contribution < 1.29 is 4.79 Å². The first-order valence-corrected chi connectivity index (χ1v) is 10.0. The number of piperidine rings is 1. The molecule has 1 N–H and O–H groups in total. The van der Waals surface area contributed by atoms with Gasteiger partial charge in [-0.2, -0.15) is 0 Å². The summed E-state index contributed by atoms with van der Waals surface area (Å²) in [6, 6.07) is 17.6. The Labute approximate surface area is 162 Å². The van der Waals surface area contributed by atoms with Crippen molar-refractivity contribution >= 4 is 11.7 Å². The second-order valence-electron chi connectivity index (χ2n) is 8.09. The lowest BCUT2D eigenvalue weighted by Crippen LogP contribution is -2.62. The number of likely N-dealkylation sites (tertiary alicyclic amines) is 2. The van der Waals surface area contributed by atoms with E-state index in [1.165, 1.54) is 29.5 Å². The lowest BCUT2D eigenvalue weighted by atomic mass is 9.88. The van der Waals surface area contributed by atoms with Crippen LogP contribution in [0.5, 0.6) is 0 Å². The third-order valence-corrected chi connectivity index (χ3v) is 5.94. The molecule has 142 valence electrons. The van der Waals surface area contributed by atoms with Gasteiger partial charge in [0.2, 0.25) is 0 Å². The van der Waals surface area contributed by atoms with Crippen LogP contribution in [0.15, 0.2) is 48.5 Å². The van der Waals surface area contributed by atoms with Crippen LogP contribution in [-0.2, 0) is 0 Å². The van der Waals surface area contributed by atoms with Crippen LogP contribution in [0.3, 0.4) is 0 Å². The predicted molar refractivity (Wildman–Crippen MR) is 110 cm³/mol. The Kier molecular flexibility index (Phi) is 5.17. The number of nitrogens with zero attached hydrogens (tertiary/aromatic N) is 2. The summed E-state index contributed by atoms with van der Waals surface area (Å²) in [5.41, 5.74) is 4.71. The average Bonchev–Trinajstić information content (AvgIpc) is 2.61. The van der Waals surface area contributed by atoms with Crippen molar-refractivity contribution in [1.29, 1.82) is 0 Å². The Morgan fingerprint density at radius 3 is 2.22 bits per heavy atom. The van der Waals surface area contributed by atoms with Crippen molar-refractivity contribution in [3.63, 3.8) is 0 Å². The molecule has 4 rings (SSSR count). The molecule has 2 saturated heterocycles. The third kappa shape index (κ3) is 4.16. The van der Waals surface area contributed by atoms with Crippen molar-refractivity contribution in [2.75, 3.05) is 31.5 Å². The van der Waals surface area contributed by atoms with Gasteiger partial charge in [-0.15, -0.1) is 0 Å². The molecular weight excluding hydrogens is 334 g/mol. The van der Waals surface area contributed by atoms with E-state index in [2.05, 4.69) is 60.5 Å². The molecule has 0 bridgehead atoms. The van der Waals surface area contributed by atoms with Gasteiger partial charge in [-0.25, -0.2) is 4.79 Å². The molecule has 0 radical (unpaired) electrons. The molecule has 4 nitrogen and oxygen atoms in total. The second kappa shape index (κ2) is 7.73. The van der Waals surface area contributed by atoms with Crippen LogP contribution in [0.1, 0.15) is 35.4 Å². The molecule has 27 heavy (non-hydrogen) atoms. The van der Waals surface area contributed by atoms with E-state index in [9.17, 15) is 4.79 Å². The topological polar surface area (TPSA) is 35.6 Å². The molecular formula is C23H29N3O. The number of carbonyl (C=O) groups excluding carboxylic acids is 1. The molecule has 0 unspecified atom stereocenters. The SMILES string of the molecule is Cc1cc(C)cc(NC(=O)N2CC(N3CCC(c4ccccc4)CC3)C2)c1. The minimum atomic E-state index is 0.0235. The molecule has 2 aliphatic heterocycles. The van der Waals surface area contributed by atoms with Gasteiger partial charge < -0.3 is 10.2 Å². The Hall–Kier alpha value is -2.33. The summed E-state index contributed by atoms with van der Waals surface area (Å²) < 4.78 is 0. The molecule has 4 heteroatoms. The molecule has 2 aromatic carbocycles. The summed E-state index contributed by atoms with van der Waals surface area (Å²) in [7, 11) is 0. The second-order valence-corrected chi connectivity index (χ2v) is 8.09. The fourth-order valence-corrected chi connectivity index (χ4v) is 4.42. The minimum Gasteiger partial charge on any atom is -0.321 e. The highest BCUT2D eigenvalue weighted by Crippen LogP contribution is 2.30. The van der Waals surface area contributed by atoms with Gasteiger partial charge in [0.1, 0.15) is 0 Å². The molecule has 2 amide bonds.